The van der Waals surface area contributed by atoms with Crippen LogP contribution in [0.25, 0.3) is 11.0 Å². The molecule has 1 aromatic carbocycles. The van der Waals surface area contributed by atoms with Gasteiger partial charge in [0.25, 0.3) is 0 Å². The third kappa shape index (κ3) is 3.95. The lowest BCUT2D eigenvalue weighted by Crippen LogP contribution is -2.49. The summed E-state index contributed by atoms with van der Waals surface area (Å²) in [6.07, 6.45) is 0.235. The van der Waals surface area contributed by atoms with Crippen molar-refractivity contribution in [3.8, 4) is 0 Å². The Hall–Kier alpha value is -2.94. The molecule has 2 aliphatic rings. The topological polar surface area (TPSA) is 99.0 Å². The fourth-order valence-corrected chi connectivity index (χ4v) is 3.78. The summed E-state index contributed by atoms with van der Waals surface area (Å²) in [6.45, 7) is 8.00. The Morgan fingerprint density at radius 2 is 1.93 bits per heavy atom. The number of imide groups is 1. The average Bonchev–Trinajstić information content (AvgIpc) is 3.11. The lowest BCUT2D eigenvalue weighted by molar-refractivity contribution is -0.136. The first-order valence-corrected chi connectivity index (χ1v) is 9.93. The van der Waals surface area contributed by atoms with Gasteiger partial charge in [-0.25, -0.2) is 4.79 Å². The van der Waals surface area contributed by atoms with Gasteiger partial charge in [-0.15, -0.1) is 0 Å². The van der Waals surface area contributed by atoms with Gasteiger partial charge in [-0.2, -0.15) is 0 Å². The molecule has 2 saturated heterocycles. The van der Waals surface area contributed by atoms with E-state index in [9.17, 15) is 14.4 Å². The molecule has 1 aromatic heterocycles. The number of hydrogen-bond donors (Lipinski definition) is 1. The largest absolute Gasteiger partial charge is 0.354 e. The minimum Gasteiger partial charge on any atom is -0.354 e. The smallest absolute Gasteiger partial charge is 0.329 e. The van der Waals surface area contributed by atoms with E-state index in [0.29, 0.717) is 11.4 Å². The summed E-state index contributed by atoms with van der Waals surface area (Å²) in [6, 6.07) is 5.35. The predicted octanol–water partition coefficient (Wildman–Crippen LogP) is 1.57. The highest BCUT2D eigenvalue weighted by Gasteiger charge is 2.28. The molecule has 0 spiro atoms. The number of urea groups is 1. The van der Waals surface area contributed by atoms with Crippen LogP contribution >= 0.6 is 0 Å². The molecule has 154 valence electrons. The Labute approximate surface area is 168 Å². The normalized spacial score (nSPS) is 18.6. The van der Waals surface area contributed by atoms with Crippen molar-refractivity contribution in [2.24, 2.45) is 5.92 Å². The van der Waals surface area contributed by atoms with Crippen molar-refractivity contribution in [3.05, 3.63) is 23.8 Å². The number of amides is 4. The summed E-state index contributed by atoms with van der Waals surface area (Å²) in [7, 11) is 0. The zero-order valence-corrected chi connectivity index (χ0v) is 16.7. The van der Waals surface area contributed by atoms with Crippen LogP contribution in [0.4, 0.5) is 10.6 Å². The van der Waals surface area contributed by atoms with Gasteiger partial charge >= 0.3 is 6.03 Å². The van der Waals surface area contributed by atoms with Crippen LogP contribution in [-0.4, -0.2) is 65.5 Å². The molecule has 1 N–H and O–H groups in total. The van der Waals surface area contributed by atoms with E-state index >= 15 is 0 Å². The molecule has 0 saturated carbocycles. The highest BCUT2D eigenvalue weighted by atomic mass is 16.5. The zero-order valence-electron chi connectivity index (χ0n) is 16.7. The van der Waals surface area contributed by atoms with E-state index in [0.717, 1.165) is 43.7 Å². The summed E-state index contributed by atoms with van der Waals surface area (Å²) in [5, 5.41) is 7.11. The maximum atomic E-state index is 12.2. The highest BCUT2D eigenvalue weighted by molar-refractivity contribution is 6.08. The number of hydrogen-bond acceptors (Lipinski definition) is 6. The first-order chi connectivity index (χ1) is 13.9. The van der Waals surface area contributed by atoms with E-state index in [1.807, 2.05) is 36.9 Å². The third-order valence-corrected chi connectivity index (χ3v) is 5.41. The molecule has 0 radical (unpaired) electrons. The maximum Gasteiger partial charge on any atom is 0.329 e. The summed E-state index contributed by atoms with van der Waals surface area (Å²) in [5.74, 6) is 0.380. The van der Waals surface area contributed by atoms with Gasteiger partial charge in [0.1, 0.15) is 0 Å². The van der Waals surface area contributed by atoms with E-state index in [1.165, 1.54) is 4.90 Å². The third-order valence-electron chi connectivity index (χ3n) is 5.41. The van der Waals surface area contributed by atoms with Crippen molar-refractivity contribution < 1.29 is 18.9 Å². The molecule has 0 atom stereocenters. The van der Waals surface area contributed by atoms with Crippen molar-refractivity contribution in [2.75, 3.05) is 37.6 Å². The molecule has 2 aromatic rings. The highest BCUT2D eigenvalue weighted by Crippen LogP contribution is 2.28. The fourth-order valence-electron chi connectivity index (χ4n) is 3.78. The van der Waals surface area contributed by atoms with Crippen LogP contribution in [0.5, 0.6) is 0 Å². The summed E-state index contributed by atoms with van der Waals surface area (Å²) in [5.41, 5.74) is 1.68. The van der Waals surface area contributed by atoms with Gasteiger partial charge < -0.3 is 9.42 Å². The minimum absolute atomic E-state index is 0.0262. The van der Waals surface area contributed by atoms with E-state index in [4.69, 9.17) is 4.52 Å². The Morgan fingerprint density at radius 3 is 2.62 bits per heavy atom. The molecule has 3 heterocycles. The molecule has 2 fully saturated rings. The Balaban J connectivity index is 1.46. The van der Waals surface area contributed by atoms with E-state index in [2.05, 4.69) is 15.4 Å². The van der Waals surface area contributed by atoms with Crippen LogP contribution in [0.3, 0.4) is 0 Å². The fraction of sp³-hybridized carbons (Fsp3) is 0.500. The number of nitrogens with one attached hydrogen (secondary N) is 1. The quantitative estimate of drug-likeness (QED) is 0.838. The van der Waals surface area contributed by atoms with Crippen LogP contribution in [0, 0.1) is 5.92 Å². The number of aromatic nitrogens is 1. The second kappa shape index (κ2) is 7.82. The van der Waals surface area contributed by atoms with Crippen LogP contribution in [0.2, 0.25) is 0 Å². The average molecular weight is 399 g/mol. The summed E-state index contributed by atoms with van der Waals surface area (Å²) >= 11 is 0. The maximum absolute atomic E-state index is 12.2. The van der Waals surface area contributed by atoms with Crippen molar-refractivity contribution >= 4 is 34.6 Å². The molecule has 29 heavy (non-hydrogen) atoms. The van der Waals surface area contributed by atoms with Crippen LogP contribution in [0.15, 0.2) is 22.7 Å². The Bertz CT molecular complexity index is 945. The lowest BCUT2D eigenvalue weighted by Gasteiger charge is -2.35. The summed E-state index contributed by atoms with van der Waals surface area (Å²) in [4.78, 5) is 41.4. The number of piperazine rings is 1. The van der Waals surface area contributed by atoms with Crippen LogP contribution in [-0.2, 0) is 16.1 Å². The first kappa shape index (κ1) is 19.4. The standard InChI is InChI=1S/C20H25N5O4/c1-13(2)19(27)24-9-7-23(8-10-24)12-14-3-4-16-15(11-14)18(22-29-16)25-6-5-17(26)21-20(25)28/h3-4,11,13H,5-10,12H2,1-2H3,(H,21,26,28). The number of benzene rings is 1. The summed E-state index contributed by atoms with van der Waals surface area (Å²) < 4.78 is 5.37. The number of rotatable bonds is 4. The van der Waals surface area contributed by atoms with Gasteiger partial charge in [0, 0.05) is 51.6 Å². The van der Waals surface area contributed by atoms with Crippen molar-refractivity contribution in [1.29, 1.82) is 0 Å². The van der Waals surface area contributed by atoms with Gasteiger partial charge in [-0.1, -0.05) is 25.1 Å². The van der Waals surface area contributed by atoms with Crippen molar-refractivity contribution in [1.82, 2.24) is 20.3 Å². The molecular formula is C20H25N5O4. The van der Waals surface area contributed by atoms with Gasteiger partial charge in [0.2, 0.25) is 11.8 Å². The van der Waals surface area contributed by atoms with Gasteiger partial charge in [0.15, 0.2) is 11.4 Å². The second-order valence-electron chi connectivity index (χ2n) is 7.85. The van der Waals surface area contributed by atoms with Gasteiger partial charge in [-0.05, 0) is 17.7 Å². The molecule has 4 amide bonds. The predicted molar refractivity (Wildman–Crippen MR) is 106 cm³/mol. The Morgan fingerprint density at radius 1 is 1.17 bits per heavy atom. The monoisotopic (exact) mass is 399 g/mol. The molecule has 2 aliphatic heterocycles. The van der Waals surface area contributed by atoms with E-state index in [1.54, 1.807) is 0 Å². The minimum atomic E-state index is -0.479. The number of nitrogens with zero attached hydrogens (tertiary/aromatic N) is 4. The number of fused-ring (bicyclic) bond motifs is 1. The number of anilines is 1. The number of carbonyl (C=O) groups is 3. The lowest BCUT2D eigenvalue weighted by atomic mass is 10.1. The molecule has 4 rings (SSSR count). The van der Waals surface area contributed by atoms with E-state index < -0.39 is 6.03 Å². The van der Waals surface area contributed by atoms with Crippen molar-refractivity contribution in [2.45, 2.75) is 26.8 Å². The Kier molecular flexibility index (Phi) is 5.23. The molecule has 9 nitrogen and oxygen atoms in total. The molecule has 0 bridgehead atoms. The molecule has 0 unspecified atom stereocenters. The van der Waals surface area contributed by atoms with Crippen LogP contribution < -0.4 is 10.2 Å². The van der Waals surface area contributed by atoms with Gasteiger partial charge in [0.05, 0.1) is 5.39 Å². The van der Waals surface area contributed by atoms with Crippen LogP contribution in [0.1, 0.15) is 25.8 Å². The van der Waals surface area contributed by atoms with Gasteiger partial charge in [-0.3, -0.25) is 24.7 Å². The second-order valence-corrected chi connectivity index (χ2v) is 7.85. The molecular weight excluding hydrogens is 374 g/mol. The number of carbonyl (C=O) groups excluding carboxylic acids is 3. The molecule has 0 aliphatic carbocycles. The van der Waals surface area contributed by atoms with E-state index in [-0.39, 0.29) is 30.7 Å². The SMILES string of the molecule is CC(C)C(=O)N1CCN(Cc2ccc3onc(N4CCC(=O)NC4=O)c3c2)CC1. The molecule has 9 heteroatoms. The zero-order chi connectivity index (χ0) is 20.5. The first-order valence-electron chi connectivity index (χ1n) is 9.93. The van der Waals surface area contributed by atoms with Crippen molar-refractivity contribution in [3.63, 3.8) is 0 Å².